The van der Waals surface area contributed by atoms with Gasteiger partial charge in [0.05, 0.1) is 25.5 Å². The first kappa shape index (κ1) is 18.0. The zero-order valence-electron chi connectivity index (χ0n) is 14.2. The molecule has 0 spiro atoms. The molecule has 1 heterocycles. The summed E-state index contributed by atoms with van der Waals surface area (Å²) in [6.07, 6.45) is 1.76. The van der Waals surface area contributed by atoms with Crippen molar-refractivity contribution in [3.63, 3.8) is 0 Å². The molecule has 2 aromatic carbocycles. The molecule has 4 nitrogen and oxygen atoms in total. The molecule has 0 bridgehead atoms. The number of allylic oxidation sites excluding steroid dienone is 1. The molecule has 0 aliphatic heterocycles. The molecule has 0 radical (unpaired) electrons. The monoisotopic (exact) mass is 382 g/mol. The summed E-state index contributed by atoms with van der Waals surface area (Å²) in [6.45, 7) is 0. The van der Waals surface area contributed by atoms with Crippen LogP contribution in [0.2, 0.25) is 5.02 Å². The maximum atomic E-state index is 9.61. The fraction of sp³-hybridized carbons (Fsp3) is 0.100. The van der Waals surface area contributed by atoms with Crippen molar-refractivity contribution in [1.82, 2.24) is 4.98 Å². The molecule has 3 rings (SSSR count). The Kier molecular flexibility index (Phi) is 5.57. The largest absolute Gasteiger partial charge is 0.497 e. The van der Waals surface area contributed by atoms with E-state index >= 15 is 0 Å². The Hall–Kier alpha value is -2.81. The van der Waals surface area contributed by atoms with E-state index in [1.165, 1.54) is 11.3 Å². The van der Waals surface area contributed by atoms with Gasteiger partial charge in [0, 0.05) is 21.5 Å². The average molecular weight is 383 g/mol. The summed E-state index contributed by atoms with van der Waals surface area (Å²) in [7, 11) is 3.19. The predicted molar refractivity (Wildman–Crippen MR) is 106 cm³/mol. The number of nitrogens with zero attached hydrogens (tertiary/aromatic N) is 2. The number of hydrogen-bond acceptors (Lipinski definition) is 5. The lowest BCUT2D eigenvalue weighted by Gasteiger charge is -2.07. The van der Waals surface area contributed by atoms with Gasteiger partial charge in [0.1, 0.15) is 22.6 Å². The van der Waals surface area contributed by atoms with E-state index in [4.69, 9.17) is 21.1 Å². The topological polar surface area (TPSA) is 55.1 Å². The third-order valence-electron chi connectivity index (χ3n) is 3.73. The number of nitriles is 1. The summed E-state index contributed by atoms with van der Waals surface area (Å²) in [5, 5.41) is 12.8. The van der Waals surface area contributed by atoms with Crippen molar-refractivity contribution in [2.24, 2.45) is 0 Å². The van der Waals surface area contributed by atoms with Crippen LogP contribution in [0.15, 0.2) is 47.8 Å². The Balaban J connectivity index is 1.99. The smallest absolute Gasteiger partial charge is 0.134 e. The third kappa shape index (κ3) is 3.88. The lowest BCUT2D eigenvalue weighted by atomic mass is 10.1. The molecule has 1 aromatic heterocycles. The highest BCUT2D eigenvalue weighted by atomic mass is 35.5. The quantitative estimate of drug-likeness (QED) is 0.543. The second kappa shape index (κ2) is 8.05. The van der Waals surface area contributed by atoms with E-state index in [-0.39, 0.29) is 0 Å². The van der Waals surface area contributed by atoms with Crippen LogP contribution in [0.25, 0.3) is 22.9 Å². The van der Waals surface area contributed by atoms with Gasteiger partial charge in [-0.05, 0) is 36.4 Å². The van der Waals surface area contributed by atoms with E-state index in [0.29, 0.717) is 27.1 Å². The zero-order chi connectivity index (χ0) is 18.5. The Morgan fingerprint density at radius 2 is 1.92 bits per heavy atom. The van der Waals surface area contributed by atoms with Gasteiger partial charge < -0.3 is 9.47 Å². The van der Waals surface area contributed by atoms with E-state index in [2.05, 4.69) is 11.1 Å². The molecule has 0 amide bonds. The molecule has 130 valence electrons. The normalized spacial score (nSPS) is 11.1. The van der Waals surface area contributed by atoms with Crippen molar-refractivity contribution >= 4 is 34.6 Å². The van der Waals surface area contributed by atoms with Gasteiger partial charge in [-0.3, -0.25) is 0 Å². The van der Waals surface area contributed by atoms with Crippen molar-refractivity contribution in [3.8, 4) is 28.8 Å². The summed E-state index contributed by atoms with van der Waals surface area (Å²) < 4.78 is 10.6. The van der Waals surface area contributed by atoms with Gasteiger partial charge in [0.2, 0.25) is 0 Å². The molecular weight excluding hydrogens is 368 g/mol. The zero-order valence-corrected chi connectivity index (χ0v) is 15.8. The second-order valence-corrected chi connectivity index (χ2v) is 6.62. The Bertz CT molecular complexity index is 988. The molecule has 0 saturated carbocycles. The molecule has 0 aliphatic rings. The number of benzene rings is 2. The fourth-order valence-corrected chi connectivity index (χ4v) is 3.32. The number of ether oxygens (including phenoxy) is 2. The van der Waals surface area contributed by atoms with Crippen LogP contribution in [0.4, 0.5) is 0 Å². The minimum atomic E-state index is 0.460. The van der Waals surface area contributed by atoms with Crippen molar-refractivity contribution < 1.29 is 9.47 Å². The van der Waals surface area contributed by atoms with Crippen LogP contribution in [-0.2, 0) is 0 Å². The Morgan fingerprint density at radius 1 is 1.15 bits per heavy atom. The van der Waals surface area contributed by atoms with Crippen molar-refractivity contribution in [2.45, 2.75) is 0 Å². The summed E-state index contributed by atoms with van der Waals surface area (Å²) in [5.74, 6) is 1.35. The highest BCUT2D eigenvalue weighted by Crippen LogP contribution is 2.31. The van der Waals surface area contributed by atoms with Crippen molar-refractivity contribution in [2.75, 3.05) is 14.2 Å². The predicted octanol–water partition coefficient (Wildman–Crippen LogP) is 5.54. The number of thiazole rings is 1. The average Bonchev–Trinajstić information content (AvgIpc) is 3.16. The lowest BCUT2D eigenvalue weighted by Crippen LogP contribution is -1.90. The lowest BCUT2D eigenvalue weighted by molar-refractivity contribution is 0.402. The Morgan fingerprint density at radius 3 is 2.58 bits per heavy atom. The van der Waals surface area contributed by atoms with E-state index < -0.39 is 0 Å². The first-order valence-electron chi connectivity index (χ1n) is 7.70. The number of rotatable bonds is 5. The highest BCUT2D eigenvalue weighted by Gasteiger charge is 2.11. The maximum absolute atomic E-state index is 9.61. The van der Waals surface area contributed by atoms with Crippen molar-refractivity contribution in [1.29, 1.82) is 5.26 Å². The molecule has 6 heteroatoms. The minimum absolute atomic E-state index is 0.460. The molecule has 0 unspecified atom stereocenters. The van der Waals surface area contributed by atoms with Gasteiger partial charge in [-0.15, -0.1) is 11.3 Å². The maximum Gasteiger partial charge on any atom is 0.134 e. The number of halogens is 1. The highest BCUT2D eigenvalue weighted by molar-refractivity contribution is 7.11. The molecular formula is C20H15ClN2O2S. The molecule has 0 aliphatic carbocycles. The minimum Gasteiger partial charge on any atom is -0.497 e. The number of methoxy groups -OCH3 is 2. The van der Waals surface area contributed by atoms with Crippen LogP contribution < -0.4 is 9.47 Å². The first-order chi connectivity index (χ1) is 12.6. The first-order valence-corrected chi connectivity index (χ1v) is 8.96. The third-order valence-corrected chi connectivity index (χ3v) is 4.86. The van der Waals surface area contributed by atoms with Crippen LogP contribution in [0.1, 0.15) is 10.6 Å². The van der Waals surface area contributed by atoms with Gasteiger partial charge in [0.15, 0.2) is 0 Å². The number of aromatic nitrogens is 1. The molecule has 0 fully saturated rings. The molecule has 26 heavy (non-hydrogen) atoms. The summed E-state index contributed by atoms with van der Waals surface area (Å²) in [6, 6.07) is 15.1. The fourth-order valence-electron chi connectivity index (χ4n) is 2.40. The Labute approximate surface area is 160 Å². The van der Waals surface area contributed by atoms with Gasteiger partial charge in [-0.2, -0.15) is 5.26 Å². The van der Waals surface area contributed by atoms with Crippen LogP contribution in [-0.4, -0.2) is 19.2 Å². The molecule has 3 aromatic rings. The summed E-state index contributed by atoms with van der Waals surface area (Å²) in [4.78, 5) is 4.59. The van der Waals surface area contributed by atoms with Crippen LogP contribution in [0.3, 0.4) is 0 Å². The van der Waals surface area contributed by atoms with E-state index in [9.17, 15) is 5.26 Å². The van der Waals surface area contributed by atoms with E-state index in [1.807, 2.05) is 41.8 Å². The van der Waals surface area contributed by atoms with Gasteiger partial charge >= 0.3 is 0 Å². The van der Waals surface area contributed by atoms with Gasteiger partial charge in [-0.1, -0.05) is 23.7 Å². The van der Waals surface area contributed by atoms with Crippen LogP contribution in [0, 0.1) is 11.3 Å². The SMILES string of the molecule is COc1ccc(OC)c(/C=C(\C#N)c2nc(-c3ccc(Cl)cc3)cs2)c1. The second-order valence-electron chi connectivity index (χ2n) is 5.32. The van der Waals surface area contributed by atoms with Gasteiger partial charge in [0.25, 0.3) is 0 Å². The molecule has 0 atom stereocenters. The molecule has 0 N–H and O–H groups in total. The van der Waals surface area contributed by atoms with Crippen LogP contribution >= 0.6 is 22.9 Å². The van der Waals surface area contributed by atoms with E-state index in [1.54, 1.807) is 26.4 Å². The van der Waals surface area contributed by atoms with Gasteiger partial charge in [-0.25, -0.2) is 4.98 Å². The summed E-state index contributed by atoms with van der Waals surface area (Å²) >= 11 is 7.35. The number of hydrogen-bond donors (Lipinski definition) is 0. The van der Waals surface area contributed by atoms with E-state index in [0.717, 1.165) is 16.8 Å². The van der Waals surface area contributed by atoms with Crippen LogP contribution in [0.5, 0.6) is 11.5 Å². The summed E-state index contributed by atoms with van der Waals surface area (Å²) in [5.41, 5.74) is 2.97. The molecule has 0 saturated heterocycles. The van der Waals surface area contributed by atoms with Crippen molar-refractivity contribution in [3.05, 3.63) is 63.4 Å². The standard InChI is InChI=1S/C20H15ClN2O2S/c1-24-17-7-8-19(25-2)14(10-17)9-15(11-22)20-23-18(12-26-20)13-3-5-16(21)6-4-13/h3-10,12H,1-2H3/b15-9+.